The van der Waals surface area contributed by atoms with Gasteiger partial charge in [0.05, 0.1) is 0 Å². The number of rotatable bonds is 2. The number of alkyl halides is 3. The lowest BCUT2D eigenvalue weighted by atomic mass is 9.80. The third kappa shape index (κ3) is 3.62. The number of hydrogen-bond donors (Lipinski definition) is 1. The summed E-state index contributed by atoms with van der Waals surface area (Å²) in [7, 11) is 0. The lowest BCUT2D eigenvalue weighted by Gasteiger charge is -2.31. The zero-order valence-electron chi connectivity index (χ0n) is 11.1. The molecule has 0 aliphatic carbocycles. The highest BCUT2D eigenvalue weighted by atomic mass is 19.4. The Bertz CT molecular complexity index is 445. The van der Waals surface area contributed by atoms with Gasteiger partial charge in [0.1, 0.15) is 5.75 Å². The van der Waals surface area contributed by atoms with Crippen molar-refractivity contribution in [2.24, 2.45) is 5.92 Å². The van der Waals surface area contributed by atoms with Gasteiger partial charge in [-0.2, -0.15) is 0 Å². The molecular formula is C14H18F3NO. The fraction of sp³-hybridized carbons (Fsp3) is 0.571. The predicted octanol–water partition coefficient (Wildman–Crippen LogP) is 3.61. The summed E-state index contributed by atoms with van der Waals surface area (Å²) in [5, 5.41) is 3.32. The van der Waals surface area contributed by atoms with Crippen molar-refractivity contribution >= 4 is 0 Å². The van der Waals surface area contributed by atoms with Crippen molar-refractivity contribution in [3.05, 3.63) is 29.3 Å². The maximum Gasteiger partial charge on any atom is 0.573 e. The second kappa shape index (κ2) is 5.41. The largest absolute Gasteiger partial charge is 0.573 e. The summed E-state index contributed by atoms with van der Waals surface area (Å²) in [5.41, 5.74) is 1.99. The standard InChI is InChI=1S/C14H18F3NO/c1-9-7-11(19-14(15,16)17)3-4-12(9)13-5-6-18-8-10(13)2/h3-4,7,10,13,18H,5-6,8H2,1-2H3/t10-,13+/m0/s1. The summed E-state index contributed by atoms with van der Waals surface area (Å²) in [6.45, 7) is 5.91. The maximum atomic E-state index is 12.2. The molecular weight excluding hydrogens is 255 g/mol. The minimum absolute atomic E-state index is 0.143. The second-order valence-corrected chi connectivity index (χ2v) is 5.14. The van der Waals surface area contributed by atoms with Crippen molar-refractivity contribution in [3.8, 4) is 5.75 Å². The Morgan fingerprint density at radius 2 is 2.05 bits per heavy atom. The summed E-state index contributed by atoms with van der Waals surface area (Å²) in [4.78, 5) is 0. The maximum absolute atomic E-state index is 12.2. The molecule has 1 heterocycles. The van der Waals surface area contributed by atoms with Gasteiger partial charge in [-0.25, -0.2) is 0 Å². The second-order valence-electron chi connectivity index (χ2n) is 5.14. The topological polar surface area (TPSA) is 21.3 Å². The van der Waals surface area contributed by atoms with E-state index in [0.29, 0.717) is 11.8 Å². The van der Waals surface area contributed by atoms with Crippen LogP contribution in [0.15, 0.2) is 18.2 Å². The van der Waals surface area contributed by atoms with Gasteiger partial charge >= 0.3 is 6.36 Å². The molecule has 2 rings (SSSR count). The van der Waals surface area contributed by atoms with E-state index in [-0.39, 0.29) is 5.75 Å². The van der Waals surface area contributed by atoms with Gasteiger partial charge in [-0.05, 0) is 61.5 Å². The van der Waals surface area contributed by atoms with Crippen molar-refractivity contribution in [3.63, 3.8) is 0 Å². The Kier molecular flexibility index (Phi) is 4.04. The number of hydrogen-bond acceptors (Lipinski definition) is 2. The van der Waals surface area contributed by atoms with E-state index in [0.717, 1.165) is 30.6 Å². The Balaban J connectivity index is 2.19. The molecule has 5 heteroatoms. The van der Waals surface area contributed by atoms with E-state index < -0.39 is 6.36 Å². The number of nitrogens with one attached hydrogen (secondary N) is 1. The van der Waals surface area contributed by atoms with Gasteiger partial charge in [-0.3, -0.25) is 0 Å². The minimum atomic E-state index is -4.63. The van der Waals surface area contributed by atoms with Gasteiger partial charge in [-0.1, -0.05) is 13.0 Å². The third-order valence-electron chi connectivity index (χ3n) is 3.66. The van der Waals surface area contributed by atoms with Gasteiger partial charge in [0.25, 0.3) is 0 Å². The predicted molar refractivity (Wildman–Crippen MR) is 67.3 cm³/mol. The van der Waals surface area contributed by atoms with Crippen LogP contribution in [-0.4, -0.2) is 19.5 Å². The zero-order valence-corrected chi connectivity index (χ0v) is 11.1. The third-order valence-corrected chi connectivity index (χ3v) is 3.66. The molecule has 0 radical (unpaired) electrons. The van der Waals surface area contributed by atoms with Gasteiger partial charge in [0.15, 0.2) is 0 Å². The lowest BCUT2D eigenvalue weighted by molar-refractivity contribution is -0.274. The monoisotopic (exact) mass is 273 g/mol. The number of piperidine rings is 1. The van der Waals surface area contributed by atoms with E-state index in [1.807, 2.05) is 6.92 Å². The molecule has 0 unspecified atom stereocenters. The fourth-order valence-corrected chi connectivity index (χ4v) is 2.74. The molecule has 1 saturated heterocycles. The van der Waals surface area contributed by atoms with Crippen molar-refractivity contribution < 1.29 is 17.9 Å². The summed E-state index contributed by atoms with van der Waals surface area (Å²) in [6, 6.07) is 4.64. The Morgan fingerprint density at radius 1 is 1.32 bits per heavy atom. The van der Waals surface area contributed by atoms with Crippen LogP contribution in [0.5, 0.6) is 5.75 Å². The van der Waals surface area contributed by atoms with E-state index >= 15 is 0 Å². The van der Waals surface area contributed by atoms with E-state index in [2.05, 4.69) is 17.0 Å². The highest BCUT2D eigenvalue weighted by molar-refractivity contribution is 5.37. The van der Waals surface area contributed by atoms with Crippen LogP contribution in [0.3, 0.4) is 0 Å². The molecule has 1 aliphatic rings. The number of aryl methyl sites for hydroxylation is 1. The van der Waals surface area contributed by atoms with Crippen LogP contribution >= 0.6 is 0 Å². The normalized spacial score (nSPS) is 24.3. The van der Waals surface area contributed by atoms with Crippen LogP contribution in [0.1, 0.15) is 30.4 Å². The summed E-state index contributed by atoms with van der Waals surface area (Å²) >= 11 is 0. The molecule has 2 atom stereocenters. The van der Waals surface area contributed by atoms with Crippen LogP contribution in [-0.2, 0) is 0 Å². The van der Waals surface area contributed by atoms with Crippen molar-refractivity contribution in [1.29, 1.82) is 0 Å². The Hall–Kier alpha value is -1.23. The van der Waals surface area contributed by atoms with Crippen molar-refractivity contribution in [1.82, 2.24) is 5.32 Å². The molecule has 19 heavy (non-hydrogen) atoms. The average Bonchev–Trinajstić information content (AvgIpc) is 2.28. The van der Waals surface area contributed by atoms with Gasteiger partial charge in [0.2, 0.25) is 0 Å². The molecule has 0 amide bonds. The molecule has 1 fully saturated rings. The van der Waals surface area contributed by atoms with Gasteiger partial charge in [0, 0.05) is 0 Å². The van der Waals surface area contributed by atoms with Gasteiger partial charge < -0.3 is 10.1 Å². The number of halogens is 3. The summed E-state index contributed by atoms with van der Waals surface area (Å²) in [6.07, 6.45) is -3.61. The molecule has 0 bridgehead atoms. The first-order valence-corrected chi connectivity index (χ1v) is 6.44. The molecule has 2 nitrogen and oxygen atoms in total. The van der Waals surface area contributed by atoms with Crippen LogP contribution < -0.4 is 10.1 Å². The lowest BCUT2D eigenvalue weighted by Crippen LogP contribution is -2.34. The van der Waals surface area contributed by atoms with Crippen LogP contribution in [0.4, 0.5) is 13.2 Å². The zero-order chi connectivity index (χ0) is 14.0. The van der Waals surface area contributed by atoms with Crippen LogP contribution in [0, 0.1) is 12.8 Å². The first-order chi connectivity index (χ1) is 8.87. The quantitative estimate of drug-likeness (QED) is 0.888. The first kappa shape index (κ1) is 14.2. The molecule has 1 aromatic rings. The van der Waals surface area contributed by atoms with Crippen molar-refractivity contribution in [2.45, 2.75) is 32.5 Å². The van der Waals surface area contributed by atoms with E-state index in [4.69, 9.17) is 0 Å². The van der Waals surface area contributed by atoms with Crippen molar-refractivity contribution in [2.75, 3.05) is 13.1 Å². The molecule has 106 valence electrons. The molecule has 1 aromatic carbocycles. The molecule has 1 aliphatic heterocycles. The average molecular weight is 273 g/mol. The smallest absolute Gasteiger partial charge is 0.406 e. The molecule has 0 spiro atoms. The SMILES string of the molecule is Cc1cc(OC(F)(F)F)ccc1[C@@H]1CCNC[C@@H]1C. The van der Waals surface area contributed by atoms with E-state index in [1.54, 1.807) is 6.07 Å². The number of benzene rings is 1. The Morgan fingerprint density at radius 3 is 2.63 bits per heavy atom. The molecule has 1 N–H and O–H groups in total. The molecule has 0 saturated carbocycles. The summed E-state index contributed by atoms with van der Waals surface area (Å²) < 4.78 is 40.4. The first-order valence-electron chi connectivity index (χ1n) is 6.44. The van der Waals surface area contributed by atoms with E-state index in [1.165, 1.54) is 12.1 Å². The van der Waals surface area contributed by atoms with Crippen LogP contribution in [0.25, 0.3) is 0 Å². The highest BCUT2D eigenvalue weighted by Crippen LogP contribution is 2.34. The van der Waals surface area contributed by atoms with Gasteiger partial charge in [-0.15, -0.1) is 13.2 Å². The van der Waals surface area contributed by atoms with Crippen LogP contribution in [0.2, 0.25) is 0 Å². The number of ether oxygens (including phenoxy) is 1. The van der Waals surface area contributed by atoms with E-state index in [9.17, 15) is 13.2 Å². The minimum Gasteiger partial charge on any atom is -0.406 e. The Labute approximate surface area is 111 Å². The fourth-order valence-electron chi connectivity index (χ4n) is 2.74. The summed E-state index contributed by atoms with van der Waals surface area (Å²) in [5.74, 6) is 0.748. The molecule has 0 aromatic heterocycles. The highest BCUT2D eigenvalue weighted by Gasteiger charge is 2.31.